The first-order chi connectivity index (χ1) is 12.1. The molecule has 1 aliphatic heterocycles. The Morgan fingerprint density at radius 2 is 1.96 bits per heavy atom. The van der Waals surface area contributed by atoms with E-state index in [9.17, 15) is 9.18 Å². The lowest BCUT2D eigenvalue weighted by atomic mass is 10.1. The molecule has 130 valence electrons. The molecule has 2 fully saturated rings. The maximum atomic E-state index is 14.3. The molecular formula is C20H20ClFN2O. The van der Waals surface area contributed by atoms with Crippen molar-refractivity contribution in [3.05, 3.63) is 58.9 Å². The molecule has 2 aliphatic rings. The lowest BCUT2D eigenvalue weighted by Gasteiger charge is -2.18. The van der Waals surface area contributed by atoms with Crippen LogP contribution in [0.1, 0.15) is 30.7 Å². The molecule has 2 aromatic carbocycles. The van der Waals surface area contributed by atoms with E-state index >= 15 is 0 Å². The second-order valence-corrected chi connectivity index (χ2v) is 7.29. The van der Waals surface area contributed by atoms with Crippen molar-refractivity contribution < 1.29 is 9.18 Å². The van der Waals surface area contributed by atoms with Crippen molar-refractivity contribution in [3.63, 3.8) is 0 Å². The Labute approximate surface area is 151 Å². The maximum absolute atomic E-state index is 14.3. The Morgan fingerprint density at radius 3 is 2.68 bits per heavy atom. The molecule has 1 amide bonds. The molecule has 0 radical (unpaired) electrons. The Hall–Kier alpha value is -2.07. The summed E-state index contributed by atoms with van der Waals surface area (Å²) < 4.78 is 14.3. The van der Waals surface area contributed by atoms with Crippen molar-refractivity contribution in [2.75, 3.05) is 23.3 Å². The summed E-state index contributed by atoms with van der Waals surface area (Å²) >= 11 is 6.01. The van der Waals surface area contributed by atoms with Gasteiger partial charge in [0, 0.05) is 29.7 Å². The third kappa shape index (κ3) is 3.49. The van der Waals surface area contributed by atoms with Crippen molar-refractivity contribution >= 4 is 28.9 Å². The summed E-state index contributed by atoms with van der Waals surface area (Å²) in [6.07, 6.45) is 3.01. The lowest BCUT2D eigenvalue weighted by molar-refractivity contribution is -0.117. The first-order valence-corrected chi connectivity index (χ1v) is 9.10. The largest absolute Gasteiger partial charge is 0.369 e. The van der Waals surface area contributed by atoms with Gasteiger partial charge in [0.2, 0.25) is 5.91 Å². The minimum absolute atomic E-state index is 0.0571. The third-order valence-corrected chi connectivity index (χ3v) is 5.30. The molecule has 3 nitrogen and oxygen atoms in total. The average Bonchev–Trinajstić information content (AvgIpc) is 3.22. The highest BCUT2D eigenvalue weighted by Gasteiger charge is 2.44. The Bertz CT molecular complexity index is 804. The van der Waals surface area contributed by atoms with Crippen molar-refractivity contribution in [3.8, 4) is 0 Å². The normalized spacial score (nSPS) is 22.1. The number of amides is 1. The van der Waals surface area contributed by atoms with Gasteiger partial charge in [0.25, 0.3) is 0 Å². The van der Waals surface area contributed by atoms with Crippen LogP contribution in [0.15, 0.2) is 42.5 Å². The fourth-order valence-electron chi connectivity index (χ4n) is 3.62. The number of carbonyl (C=O) groups is 1. The van der Waals surface area contributed by atoms with E-state index < -0.39 is 0 Å². The fraction of sp³-hybridized carbons (Fsp3) is 0.350. The zero-order valence-corrected chi connectivity index (χ0v) is 14.6. The van der Waals surface area contributed by atoms with Crippen LogP contribution in [0.25, 0.3) is 0 Å². The van der Waals surface area contributed by atoms with E-state index in [1.165, 1.54) is 6.07 Å². The van der Waals surface area contributed by atoms with Crippen LogP contribution in [-0.4, -0.2) is 19.0 Å². The molecule has 1 aliphatic carbocycles. The Kier molecular flexibility index (Phi) is 4.38. The summed E-state index contributed by atoms with van der Waals surface area (Å²) in [7, 11) is 0. The number of rotatable bonds is 4. The van der Waals surface area contributed by atoms with Gasteiger partial charge in [-0.05, 0) is 61.1 Å². The van der Waals surface area contributed by atoms with Crippen LogP contribution in [-0.2, 0) is 4.79 Å². The molecule has 0 spiro atoms. The second kappa shape index (κ2) is 6.68. The van der Waals surface area contributed by atoms with E-state index in [2.05, 4.69) is 10.2 Å². The van der Waals surface area contributed by atoms with E-state index in [0.29, 0.717) is 16.4 Å². The van der Waals surface area contributed by atoms with Gasteiger partial charge in [-0.1, -0.05) is 23.7 Å². The Morgan fingerprint density at radius 1 is 1.16 bits per heavy atom. The van der Waals surface area contributed by atoms with E-state index in [0.717, 1.165) is 37.9 Å². The van der Waals surface area contributed by atoms with Crippen LogP contribution in [0.4, 0.5) is 15.8 Å². The molecule has 1 heterocycles. The predicted molar refractivity (Wildman–Crippen MR) is 98.8 cm³/mol. The van der Waals surface area contributed by atoms with Gasteiger partial charge >= 0.3 is 0 Å². The second-order valence-electron chi connectivity index (χ2n) is 6.85. The zero-order valence-electron chi connectivity index (χ0n) is 13.8. The number of hydrogen-bond acceptors (Lipinski definition) is 2. The van der Waals surface area contributed by atoms with Gasteiger partial charge < -0.3 is 10.2 Å². The van der Waals surface area contributed by atoms with Gasteiger partial charge in [-0.25, -0.2) is 4.39 Å². The molecule has 2 aromatic rings. The smallest absolute Gasteiger partial charge is 0.228 e. The highest BCUT2D eigenvalue weighted by molar-refractivity contribution is 6.30. The van der Waals surface area contributed by atoms with Gasteiger partial charge in [-0.15, -0.1) is 0 Å². The summed E-state index contributed by atoms with van der Waals surface area (Å²) in [5, 5.41) is 3.53. The van der Waals surface area contributed by atoms with Crippen LogP contribution in [0, 0.1) is 11.7 Å². The van der Waals surface area contributed by atoms with E-state index in [-0.39, 0.29) is 23.6 Å². The van der Waals surface area contributed by atoms with Crippen LogP contribution in [0.3, 0.4) is 0 Å². The third-order valence-electron chi connectivity index (χ3n) is 5.07. The standard InChI is InChI=1S/C20H20ClFN2O/c21-14-5-3-4-13(10-14)16-12-17(16)20(25)23-15-6-7-19(18(22)11-15)24-8-1-2-9-24/h3-7,10-11,16-17H,1-2,8-9,12H2,(H,23,25). The van der Waals surface area contributed by atoms with Crippen molar-refractivity contribution in [1.29, 1.82) is 0 Å². The first kappa shape index (κ1) is 16.4. The number of nitrogens with zero attached hydrogens (tertiary/aromatic N) is 1. The molecule has 5 heteroatoms. The average molecular weight is 359 g/mol. The van der Waals surface area contributed by atoms with E-state index in [1.54, 1.807) is 12.1 Å². The molecule has 0 aromatic heterocycles. The number of halogens is 2. The van der Waals surface area contributed by atoms with Gasteiger partial charge in [0.15, 0.2) is 0 Å². The molecule has 1 saturated heterocycles. The van der Waals surface area contributed by atoms with E-state index in [1.807, 2.05) is 24.3 Å². The number of hydrogen-bond donors (Lipinski definition) is 1. The zero-order chi connectivity index (χ0) is 17.4. The van der Waals surface area contributed by atoms with Gasteiger partial charge in [0.05, 0.1) is 5.69 Å². The summed E-state index contributed by atoms with van der Waals surface area (Å²) in [6, 6.07) is 12.6. The number of carbonyl (C=O) groups excluding carboxylic acids is 1. The molecule has 0 bridgehead atoms. The lowest BCUT2D eigenvalue weighted by Crippen LogP contribution is -2.19. The quantitative estimate of drug-likeness (QED) is 0.849. The van der Waals surface area contributed by atoms with Crippen LogP contribution < -0.4 is 10.2 Å². The molecular weight excluding hydrogens is 339 g/mol. The van der Waals surface area contributed by atoms with Gasteiger partial charge in [-0.2, -0.15) is 0 Å². The monoisotopic (exact) mass is 358 g/mol. The molecule has 1 N–H and O–H groups in total. The van der Waals surface area contributed by atoms with Crippen LogP contribution in [0.5, 0.6) is 0 Å². The number of benzene rings is 2. The molecule has 2 unspecified atom stereocenters. The minimum atomic E-state index is -0.276. The van der Waals surface area contributed by atoms with Gasteiger partial charge in [0.1, 0.15) is 5.82 Å². The van der Waals surface area contributed by atoms with E-state index in [4.69, 9.17) is 11.6 Å². The summed E-state index contributed by atoms with van der Waals surface area (Å²) in [4.78, 5) is 14.5. The molecule has 4 rings (SSSR count). The first-order valence-electron chi connectivity index (χ1n) is 8.72. The van der Waals surface area contributed by atoms with Crippen molar-refractivity contribution in [1.82, 2.24) is 0 Å². The summed E-state index contributed by atoms with van der Waals surface area (Å²) in [5.74, 6) is -0.201. The van der Waals surface area contributed by atoms with Crippen molar-refractivity contribution in [2.24, 2.45) is 5.92 Å². The molecule has 2 atom stereocenters. The predicted octanol–water partition coefficient (Wildman–Crippen LogP) is 4.82. The number of nitrogens with one attached hydrogen (secondary N) is 1. The fourth-order valence-corrected chi connectivity index (χ4v) is 3.82. The van der Waals surface area contributed by atoms with Crippen molar-refractivity contribution in [2.45, 2.75) is 25.2 Å². The Balaban J connectivity index is 1.41. The summed E-state index contributed by atoms with van der Waals surface area (Å²) in [5.41, 5.74) is 2.23. The molecule has 25 heavy (non-hydrogen) atoms. The highest BCUT2D eigenvalue weighted by Crippen LogP contribution is 2.48. The molecule has 1 saturated carbocycles. The minimum Gasteiger partial charge on any atom is -0.369 e. The maximum Gasteiger partial charge on any atom is 0.228 e. The summed E-state index contributed by atoms with van der Waals surface area (Å²) in [6.45, 7) is 1.79. The SMILES string of the molecule is O=C(Nc1ccc(N2CCCC2)c(F)c1)C1CC1c1cccc(Cl)c1. The van der Waals surface area contributed by atoms with Gasteiger partial charge in [-0.3, -0.25) is 4.79 Å². The van der Waals surface area contributed by atoms with Crippen LogP contribution in [0.2, 0.25) is 5.02 Å². The highest BCUT2D eigenvalue weighted by atomic mass is 35.5. The van der Waals surface area contributed by atoms with Crippen LogP contribution >= 0.6 is 11.6 Å². The topological polar surface area (TPSA) is 32.3 Å². The number of anilines is 2.